The van der Waals surface area contributed by atoms with Crippen LogP contribution in [0.15, 0.2) is 43.1 Å². The van der Waals surface area contributed by atoms with Gasteiger partial charge < -0.3 is 18.9 Å². The molecule has 112 valence electrons. The van der Waals surface area contributed by atoms with Crippen molar-refractivity contribution in [2.24, 2.45) is 0 Å². The van der Waals surface area contributed by atoms with Gasteiger partial charge in [0.2, 0.25) is 0 Å². The zero-order valence-electron chi connectivity index (χ0n) is 12.6. The van der Waals surface area contributed by atoms with E-state index in [1.54, 1.807) is 20.4 Å². The first kappa shape index (κ1) is 16.9. The van der Waals surface area contributed by atoms with Gasteiger partial charge in [-0.25, -0.2) is 0 Å². The van der Waals surface area contributed by atoms with Gasteiger partial charge in [0, 0.05) is 20.8 Å². The maximum absolute atomic E-state index is 10.3. The molecule has 0 spiro atoms. The lowest BCUT2D eigenvalue weighted by Crippen LogP contribution is -2.39. The second-order valence-corrected chi connectivity index (χ2v) is 8.49. The van der Waals surface area contributed by atoms with E-state index < -0.39 is 14.8 Å². The summed E-state index contributed by atoms with van der Waals surface area (Å²) in [6.07, 6.45) is 1.70. The highest BCUT2D eigenvalue weighted by Crippen LogP contribution is 2.18. The fourth-order valence-corrected chi connectivity index (χ4v) is 3.29. The maximum Gasteiger partial charge on any atom is 0.334 e. The summed E-state index contributed by atoms with van der Waals surface area (Å²) in [6.45, 7) is 6.42. The van der Waals surface area contributed by atoms with E-state index >= 15 is 0 Å². The van der Waals surface area contributed by atoms with Crippen molar-refractivity contribution in [2.75, 3.05) is 14.2 Å². The standard InChI is InChI=1S/C15H25NO3Si/c1-5-16(13-14-9-7-6-8-10-14)15(17)11-12-20(4,18-2)19-3/h5-10,15,17H,1,11-13H2,2-4H3. The Labute approximate surface area is 122 Å². The highest BCUT2D eigenvalue weighted by molar-refractivity contribution is 6.65. The molecule has 1 rings (SSSR count). The number of nitrogens with zero attached hydrogens (tertiary/aromatic N) is 1. The minimum Gasteiger partial charge on any atom is -0.398 e. The largest absolute Gasteiger partial charge is 0.398 e. The molecule has 0 amide bonds. The molecule has 0 aliphatic rings. The van der Waals surface area contributed by atoms with Crippen LogP contribution in [-0.4, -0.2) is 39.0 Å². The molecule has 1 unspecified atom stereocenters. The van der Waals surface area contributed by atoms with Crippen molar-refractivity contribution in [2.45, 2.75) is 31.8 Å². The second-order valence-electron chi connectivity index (χ2n) is 4.90. The Morgan fingerprint density at radius 2 is 1.90 bits per heavy atom. The molecule has 0 aliphatic carbocycles. The Balaban J connectivity index is 2.55. The van der Waals surface area contributed by atoms with Crippen molar-refractivity contribution >= 4 is 8.56 Å². The van der Waals surface area contributed by atoms with E-state index in [9.17, 15) is 5.11 Å². The summed E-state index contributed by atoms with van der Waals surface area (Å²) < 4.78 is 10.9. The zero-order chi connectivity index (χ0) is 15.0. The lowest BCUT2D eigenvalue weighted by atomic mass is 10.2. The van der Waals surface area contributed by atoms with Gasteiger partial charge in [0.15, 0.2) is 0 Å². The Bertz CT molecular complexity index is 395. The van der Waals surface area contributed by atoms with E-state index in [-0.39, 0.29) is 0 Å². The second kappa shape index (κ2) is 8.21. The minimum atomic E-state index is -2.13. The first-order valence-corrected chi connectivity index (χ1v) is 9.27. The molecule has 0 aliphatic heterocycles. The smallest absolute Gasteiger partial charge is 0.334 e. The summed E-state index contributed by atoms with van der Waals surface area (Å²) in [4.78, 5) is 1.83. The van der Waals surface area contributed by atoms with Crippen LogP contribution in [0.25, 0.3) is 0 Å². The fourth-order valence-electron chi connectivity index (χ4n) is 1.93. The van der Waals surface area contributed by atoms with Crippen molar-refractivity contribution in [1.29, 1.82) is 0 Å². The maximum atomic E-state index is 10.3. The fraction of sp³-hybridized carbons (Fsp3) is 0.467. The van der Waals surface area contributed by atoms with E-state index in [1.165, 1.54) is 0 Å². The average molecular weight is 295 g/mol. The molecule has 1 aromatic rings. The lowest BCUT2D eigenvalue weighted by Gasteiger charge is -2.29. The van der Waals surface area contributed by atoms with Crippen molar-refractivity contribution in [3.63, 3.8) is 0 Å². The van der Waals surface area contributed by atoms with Gasteiger partial charge >= 0.3 is 8.56 Å². The van der Waals surface area contributed by atoms with E-state index in [4.69, 9.17) is 8.85 Å². The molecule has 0 aromatic heterocycles. The van der Waals surface area contributed by atoms with Crippen LogP contribution >= 0.6 is 0 Å². The van der Waals surface area contributed by atoms with Crippen LogP contribution in [0.3, 0.4) is 0 Å². The van der Waals surface area contributed by atoms with Crippen LogP contribution in [0.5, 0.6) is 0 Å². The molecule has 0 radical (unpaired) electrons. The van der Waals surface area contributed by atoms with Crippen LogP contribution < -0.4 is 0 Å². The normalized spacial score (nSPS) is 13.0. The van der Waals surface area contributed by atoms with Gasteiger partial charge in [-0.3, -0.25) is 0 Å². The predicted molar refractivity (Wildman–Crippen MR) is 83.2 cm³/mol. The van der Waals surface area contributed by atoms with Crippen LogP contribution in [0.2, 0.25) is 12.6 Å². The first-order valence-electron chi connectivity index (χ1n) is 6.75. The van der Waals surface area contributed by atoms with Gasteiger partial charge in [-0.2, -0.15) is 0 Å². The summed E-state index contributed by atoms with van der Waals surface area (Å²) in [7, 11) is 1.20. The minimum absolute atomic E-state index is 0.579. The van der Waals surface area contributed by atoms with Crippen LogP contribution in [0.4, 0.5) is 0 Å². The number of rotatable bonds is 9. The molecule has 1 atom stereocenters. The number of hydrogen-bond acceptors (Lipinski definition) is 4. The highest BCUT2D eigenvalue weighted by atomic mass is 28.4. The lowest BCUT2D eigenvalue weighted by molar-refractivity contribution is 0.0278. The zero-order valence-corrected chi connectivity index (χ0v) is 13.6. The molecule has 1 aromatic carbocycles. The van der Waals surface area contributed by atoms with Crippen LogP contribution in [0, 0.1) is 0 Å². The first-order chi connectivity index (χ1) is 9.54. The number of benzene rings is 1. The Kier molecular flexibility index (Phi) is 6.94. The molecule has 0 heterocycles. The molecule has 0 fully saturated rings. The third-order valence-corrected chi connectivity index (χ3v) is 6.47. The van der Waals surface area contributed by atoms with E-state index in [0.29, 0.717) is 13.0 Å². The summed E-state index contributed by atoms with van der Waals surface area (Å²) in [5.41, 5.74) is 1.14. The third kappa shape index (κ3) is 5.09. The molecule has 4 nitrogen and oxygen atoms in total. The van der Waals surface area contributed by atoms with Crippen LogP contribution in [-0.2, 0) is 15.4 Å². The summed E-state index contributed by atoms with van der Waals surface area (Å²) in [5, 5.41) is 10.3. The van der Waals surface area contributed by atoms with E-state index in [0.717, 1.165) is 11.6 Å². The molecule has 0 saturated heterocycles. The quantitative estimate of drug-likeness (QED) is 0.562. The summed E-state index contributed by atoms with van der Waals surface area (Å²) in [5.74, 6) is 0. The average Bonchev–Trinajstić information content (AvgIpc) is 2.51. The SMILES string of the molecule is C=CN(Cc1ccccc1)C(O)CC[Si](C)(OC)OC. The van der Waals surface area contributed by atoms with Gasteiger partial charge in [0.25, 0.3) is 0 Å². The van der Waals surface area contributed by atoms with Crippen molar-refractivity contribution < 1.29 is 14.0 Å². The molecule has 1 N–H and O–H groups in total. The Morgan fingerprint density at radius 1 is 1.30 bits per heavy atom. The van der Waals surface area contributed by atoms with Gasteiger partial charge in [0.05, 0.1) is 0 Å². The monoisotopic (exact) mass is 295 g/mol. The third-order valence-electron chi connectivity index (χ3n) is 3.55. The van der Waals surface area contributed by atoms with E-state index in [2.05, 4.69) is 6.58 Å². The van der Waals surface area contributed by atoms with Gasteiger partial charge in [-0.1, -0.05) is 36.9 Å². The molecule has 5 heteroatoms. The highest BCUT2D eigenvalue weighted by Gasteiger charge is 2.30. The van der Waals surface area contributed by atoms with E-state index in [1.807, 2.05) is 41.8 Å². The molecule has 0 bridgehead atoms. The number of aliphatic hydroxyl groups is 1. The number of aliphatic hydroxyl groups excluding tert-OH is 1. The van der Waals surface area contributed by atoms with Gasteiger partial charge in [-0.05, 0) is 30.8 Å². The molecular weight excluding hydrogens is 270 g/mol. The van der Waals surface area contributed by atoms with Gasteiger partial charge in [-0.15, -0.1) is 0 Å². The van der Waals surface area contributed by atoms with Gasteiger partial charge in [0.1, 0.15) is 6.23 Å². The predicted octanol–water partition coefficient (Wildman–Crippen LogP) is 2.71. The molecule has 0 saturated carbocycles. The summed E-state index contributed by atoms with van der Waals surface area (Å²) >= 11 is 0. The van der Waals surface area contributed by atoms with Crippen molar-refractivity contribution in [3.05, 3.63) is 48.7 Å². The molecular formula is C15H25NO3Si. The molecule has 20 heavy (non-hydrogen) atoms. The Hall–Kier alpha value is -1.14. The van der Waals surface area contributed by atoms with Crippen molar-refractivity contribution in [3.8, 4) is 0 Å². The topological polar surface area (TPSA) is 41.9 Å². The van der Waals surface area contributed by atoms with Crippen LogP contribution in [0.1, 0.15) is 12.0 Å². The Morgan fingerprint density at radius 3 is 2.40 bits per heavy atom. The van der Waals surface area contributed by atoms with Crippen molar-refractivity contribution in [1.82, 2.24) is 4.90 Å². The summed E-state index contributed by atoms with van der Waals surface area (Å²) in [6, 6.07) is 10.8. The number of hydrogen-bond donors (Lipinski definition) is 1.